The van der Waals surface area contributed by atoms with Crippen molar-refractivity contribution in [1.29, 1.82) is 0 Å². The lowest BCUT2D eigenvalue weighted by molar-refractivity contribution is -0.00836. The van der Waals surface area contributed by atoms with Crippen molar-refractivity contribution in [1.82, 2.24) is 5.32 Å². The van der Waals surface area contributed by atoms with Crippen molar-refractivity contribution < 1.29 is 10.2 Å². The number of halogens is 1. The van der Waals surface area contributed by atoms with Gasteiger partial charge in [-0.05, 0) is 56.2 Å². The third-order valence-corrected chi connectivity index (χ3v) is 5.15. The Morgan fingerprint density at radius 3 is 2.67 bits per heavy atom. The number of phenols is 1. The van der Waals surface area contributed by atoms with Crippen molar-refractivity contribution in [3.05, 3.63) is 28.2 Å². The molecule has 1 aliphatic rings. The van der Waals surface area contributed by atoms with Gasteiger partial charge in [-0.1, -0.05) is 29.8 Å². The molecule has 0 saturated heterocycles. The van der Waals surface area contributed by atoms with Crippen molar-refractivity contribution in [3.8, 4) is 5.75 Å². The smallest absolute Gasteiger partial charge is 0.120 e. The van der Waals surface area contributed by atoms with E-state index in [0.29, 0.717) is 12.3 Å². The molecule has 1 unspecified atom stereocenters. The second kappa shape index (κ2) is 7.12. The molecule has 3 N–H and O–H groups in total. The Morgan fingerprint density at radius 1 is 1.38 bits per heavy atom. The van der Waals surface area contributed by atoms with Gasteiger partial charge in [0.25, 0.3) is 0 Å². The molecule has 0 heterocycles. The van der Waals surface area contributed by atoms with E-state index < -0.39 is 5.60 Å². The molecule has 0 aliphatic heterocycles. The number of hydrogen-bond donors (Lipinski definition) is 3. The fourth-order valence-electron chi connectivity index (χ4n) is 3.07. The fourth-order valence-corrected chi connectivity index (χ4v) is 3.45. The van der Waals surface area contributed by atoms with E-state index in [1.165, 1.54) is 0 Å². The summed E-state index contributed by atoms with van der Waals surface area (Å²) in [6.07, 6.45) is 4.79. The Labute approximate surface area is 135 Å². The number of rotatable bonds is 5. The van der Waals surface area contributed by atoms with Gasteiger partial charge in [0.1, 0.15) is 5.75 Å². The van der Waals surface area contributed by atoms with Crippen LogP contribution in [0.1, 0.15) is 57.6 Å². The van der Waals surface area contributed by atoms with Gasteiger partial charge in [-0.15, -0.1) is 0 Å². The SMILES string of the molecule is CCC(NCC1(O)CCC(C)CC1)c1cc(Br)ccc1O. The Balaban J connectivity index is 2.01. The lowest BCUT2D eigenvalue weighted by atomic mass is 9.79. The summed E-state index contributed by atoms with van der Waals surface area (Å²) in [5.41, 5.74) is 0.293. The van der Waals surface area contributed by atoms with Gasteiger partial charge >= 0.3 is 0 Å². The number of aliphatic hydroxyl groups is 1. The lowest BCUT2D eigenvalue weighted by Crippen LogP contribution is -2.44. The molecule has 0 bridgehead atoms. The van der Waals surface area contributed by atoms with Crippen LogP contribution in [0.4, 0.5) is 0 Å². The Hall–Kier alpha value is -0.580. The molecule has 1 saturated carbocycles. The highest BCUT2D eigenvalue weighted by Crippen LogP contribution is 2.33. The van der Waals surface area contributed by atoms with Crippen LogP contribution < -0.4 is 5.32 Å². The van der Waals surface area contributed by atoms with Crippen LogP contribution in [0.2, 0.25) is 0 Å². The van der Waals surface area contributed by atoms with Crippen LogP contribution in [0, 0.1) is 5.92 Å². The Bertz CT molecular complexity index is 470. The highest BCUT2D eigenvalue weighted by atomic mass is 79.9. The van der Waals surface area contributed by atoms with Crippen molar-refractivity contribution >= 4 is 15.9 Å². The average molecular weight is 356 g/mol. The van der Waals surface area contributed by atoms with Crippen LogP contribution in [0.5, 0.6) is 5.75 Å². The van der Waals surface area contributed by atoms with Crippen LogP contribution in [0.25, 0.3) is 0 Å². The summed E-state index contributed by atoms with van der Waals surface area (Å²) < 4.78 is 0.959. The molecule has 2 rings (SSSR count). The predicted octanol–water partition coefficient (Wildman–Crippen LogP) is 4.14. The van der Waals surface area contributed by atoms with Crippen LogP contribution in [-0.2, 0) is 0 Å². The first kappa shape index (κ1) is 16.8. The van der Waals surface area contributed by atoms with E-state index in [1.807, 2.05) is 12.1 Å². The molecule has 0 amide bonds. The zero-order valence-corrected chi connectivity index (χ0v) is 14.5. The van der Waals surface area contributed by atoms with Gasteiger partial charge in [0.15, 0.2) is 0 Å². The fraction of sp³-hybridized carbons (Fsp3) is 0.647. The third-order valence-electron chi connectivity index (χ3n) is 4.66. The topological polar surface area (TPSA) is 52.5 Å². The van der Waals surface area contributed by atoms with E-state index >= 15 is 0 Å². The molecule has 0 aromatic heterocycles. The van der Waals surface area contributed by atoms with Crippen molar-refractivity contribution in [2.45, 2.75) is 57.6 Å². The molecule has 1 atom stereocenters. The number of phenolic OH excluding ortho intramolecular Hbond substituents is 1. The Morgan fingerprint density at radius 2 is 2.05 bits per heavy atom. The number of nitrogens with one attached hydrogen (secondary N) is 1. The summed E-state index contributed by atoms with van der Waals surface area (Å²) in [6, 6.07) is 5.55. The monoisotopic (exact) mass is 355 g/mol. The van der Waals surface area contributed by atoms with Gasteiger partial charge in [-0.2, -0.15) is 0 Å². The molecule has 118 valence electrons. The normalized spacial score (nSPS) is 27.5. The van der Waals surface area contributed by atoms with Crippen molar-refractivity contribution in [2.75, 3.05) is 6.54 Å². The van der Waals surface area contributed by atoms with Crippen LogP contribution in [-0.4, -0.2) is 22.4 Å². The summed E-state index contributed by atoms with van der Waals surface area (Å²) in [4.78, 5) is 0. The van der Waals surface area contributed by atoms with E-state index in [2.05, 4.69) is 35.1 Å². The molecular formula is C17H26BrNO2. The molecule has 21 heavy (non-hydrogen) atoms. The highest BCUT2D eigenvalue weighted by molar-refractivity contribution is 9.10. The second-order valence-electron chi connectivity index (χ2n) is 6.45. The van der Waals surface area contributed by atoms with Gasteiger partial charge in [-0.25, -0.2) is 0 Å². The first-order chi connectivity index (χ1) is 9.93. The molecule has 0 spiro atoms. The molecule has 1 aromatic rings. The predicted molar refractivity (Wildman–Crippen MR) is 89.4 cm³/mol. The Kier molecular flexibility index (Phi) is 5.69. The van der Waals surface area contributed by atoms with E-state index in [4.69, 9.17) is 0 Å². The molecular weight excluding hydrogens is 330 g/mol. The van der Waals surface area contributed by atoms with Crippen molar-refractivity contribution in [3.63, 3.8) is 0 Å². The number of benzene rings is 1. The van der Waals surface area contributed by atoms with Crippen molar-refractivity contribution in [2.24, 2.45) is 5.92 Å². The highest BCUT2D eigenvalue weighted by Gasteiger charge is 2.32. The maximum absolute atomic E-state index is 10.7. The van der Waals surface area contributed by atoms with Crippen LogP contribution in [0.15, 0.2) is 22.7 Å². The summed E-state index contributed by atoms with van der Waals surface area (Å²) in [5.74, 6) is 1.03. The maximum atomic E-state index is 10.7. The lowest BCUT2D eigenvalue weighted by Gasteiger charge is -2.36. The minimum atomic E-state index is -0.596. The molecule has 1 fully saturated rings. The third kappa shape index (κ3) is 4.44. The van der Waals surface area contributed by atoms with Gasteiger partial charge in [0, 0.05) is 22.6 Å². The first-order valence-electron chi connectivity index (χ1n) is 7.87. The second-order valence-corrected chi connectivity index (χ2v) is 7.37. The zero-order chi connectivity index (χ0) is 15.5. The summed E-state index contributed by atoms with van der Waals surface area (Å²) in [6.45, 7) is 4.93. The average Bonchev–Trinajstić information content (AvgIpc) is 2.47. The first-order valence-corrected chi connectivity index (χ1v) is 8.67. The van der Waals surface area contributed by atoms with Gasteiger partial charge in [0.05, 0.1) is 5.60 Å². The molecule has 3 nitrogen and oxygen atoms in total. The van der Waals surface area contributed by atoms with Crippen LogP contribution >= 0.6 is 15.9 Å². The van der Waals surface area contributed by atoms with Crippen LogP contribution in [0.3, 0.4) is 0 Å². The minimum absolute atomic E-state index is 0.0610. The zero-order valence-electron chi connectivity index (χ0n) is 12.9. The molecule has 1 aliphatic carbocycles. The van der Waals surface area contributed by atoms with E-state index in [1.54, 1.807) is 6.07 Å². The number of aromatic hydroxyl groups is 1. The maximum Gasteiger partial charge on any atom is 0.120 e. The summed E-state index contributed by atoms with van der Waals surface area (Å²) in [5, 5.41) is 24.2. The van der Waals surface area contributed by atoms with Gasteiger partial charge < -0.3 is 15.5 Å². The van der Waals surface area contributed by atoms with E-state index in [-0.39, 0.29) is 6.04 Å². The molecule has 0 radical (unpaired) electrons. The van der Waals surface area contributed by atoms with Gasteiger partial charge in [0.2, 0.25) is 0 Å². The van der Waals surface area contributed by atoms with E-state index in [9.17, 15) is 10.2 Å². The van der Waals surface area contributed by atoms with E-state index in [0.717, 1.165) is 48.1 Å². The quantitative estimate of drug-likeness (QED) is 0.743. The standard InChI is InChI=1S/C17H26BrNO2/c1-3-15(14-10-13(18)4-5-16(14)20)19-11-17(21)8-6-12(2)7-9-17/h4-5,10,12,15,19-21H,3,6-9,11H2,1-2H3. The summed E-state index contributed by atoms with van der Waals surface area (Å²) in [7, 11) is 0. The summed E-state index contributed by atoms with van der Waals surface area (Å²) >= 11 is 3.45. The van der Waals surface area contributed by atoms with Gasteiger partial charge in [-0.3, -0.25) is 0 Å². The number of hydrogen-bond acceptors (Lipinski definition) is 3. The largest absolute Gasteiger partial charge is 0.508 e. The molecule has 1 aromatic carbocycles. The molecule has 4 heteroatoms. The minimum Gasteiger partial charge on any atom is -0.508 e.